The van der Waals surface area contributed by atoms with E-state index >= 15 is 0 Å². The Morgan fingerprint density at radius 1 is 1.69 bits per heavy atom. The standard InChI is InChI=1S/C9H10O4/c1-2-6(9(11)12)8(10)7-4-3-5-13-7/h2-6,8,10H,1H2,(H,11,12). The Labute approximate surface area is 75.1 Å². The van der Waals surface area contributed by atoms with E-state index in [-0.39, 0.29) is 5.76 Å². The Bertz CT molecular complexity index is 289. The van der Waals surface area contributed by atoms with Crippen molar-refractivity contribution in [1.29, 1.82) is 0 Å². The van der Waals surface area contributed by atoms with Crippen molar-refractivity contribution in [3.05, 3.63) is 36.8 Å². The van der Waals surface area contributed by atoms with Gasteiger partial charge in [-0.3, -0.25) is 4.79 Å². The molecule has 1 rings (SSSR count). The topological polar surface area (TPSA) is 70.7 Å². The van der Waals surface area contributed by atoms with Crippen LogP contribution in [0.1, 0.15) is 11.9 Å². The second-order valence-corrected chi connectivity index (χ2v) is 2.56. The number of carboxylic acids is 1. The fourth-order valence-electron chi connectivity index (χ4n) is 1.00. The molecule has 70 valence electrons. The summed E-state index contributed by atoms with van der Waals surface area (Å²) in [6.45, 7) is 3.33. The Hall–Kier alpha value is -1.55. The summed E-state index contributed by atoms with van der Waals surface area (Å²) < 4.78 is 4.87. The first-order chi connectivity index (χ1) is 6.16. The molecule has 0 aromatic carbocycles. The molecule has 1 aromatic rings. The summed E-state index contributed by atoms with van der Waals surface area (Å²) in [5.41, 5.74) is 0. The maximum atomic E-state index is 10.6. The summed E-state index contributed by atoms with van der Waals surface area (Å²) in [6.07, 6.45) is 1.38. The van der Waals surface area contributed by atoms with Gasteiger partial charge in [-0.2, -0.15) is 0 Å². The third-order valence-corrected chi connectivity index (χ3v) is 1.71. The fourth-order valence-corrected chi connectivity index (χ4v) is 1.00. The molecule has 4 nitrogen and oxygen atoms in total. The molecule has 1 aromatic heterocycles. The lowest BCUT2D eigenvalue weighted by molar-refractivity contribution is -0.143. The molecule has 0 aliphatic rings. The van der Waals surface area contributed by atoms with Gasteiger partial charge in [0, 0.05) is 0 Å². The van der Waals surface area contributed by atoms with Crippen molar-refractivity contribution in [2.75, 3.05) is 0 Å². The molecule has 0 spiro atoms. The van der Waals surface area contributed by atoms with E-state index in [1.807, 2.05) is 0 Å². The van der Waals surface area contributed by atoms with Gasteiger partial charge < -0.3 is 14.6 Å². The van der Waals surface area contributed by atoms with Crippen LogP contribution in [0.15, 0.2) is 35.5 Å². The van der Waals surface area contributed by atoms with Gasteiger partial charge >= 0.3 is 5.97 Å². The summed E-state index contributed by atoms with van der Waals surface area (Å²) in [6, 6.07) is 3.10. The quantitative estimate of drug-likeness (QED) is 0.686. The van der Waals surface area contributed by atoms with Crippen LogP contribution in [0.25, 0.3) is 0 Å². The minimum absolute atomic E-state index is 0.229. The monoisotopic (exact) mass is 182 g/mol. The summed E-state index contributed by atoms with van der Waals surface area (Å²) in [5, 5.41) is 18.2. The minimum Gasteiger partial charge on any atom is -0.481 e. The van der Waals surface area contributed by atoms with E-state index < -0.39 is 18.0 Å². The molecule has 0 radical (unpaired) electrons. The molecule has 1 heterocycles. The Morgan fingerprint density at radius 3 is 2.77 bits per heavy atom. The van der Waals surface area contributed by atoms with E-state index in [2.05, 4.69) is 6.58 Å². The molecular formula is C9H10O4. The number of furan rings is 1. The summed E-state index contributed by atoms with van der Waals surface area (Å²) in [5.74, 6) is -1.93. The average Bonchev–Trinajstić information content (AvgIpc) is 2.56. The highest BCUT2D eigenvalue weighted by Crippen LogP contribution is 2.23. The van der Waals surface area contributed by atoms with Crippen LogP contribution in [0.4, 0.5) is 0 Å². The van der Waals surface area contributed by atoms with Crippen molar-refractivity contribution in [2.24, 2.45) is 5.92 Å². The highest BCUT2D eigenvalue weighted by atomic mass is 16.4. The van der Waals surface area contributed by atoms with E-state index in [1.165, 1.54) is 18.4 Å². The number of hydrogen-bond donors (Lipinski definition) is 2. The van der Waals surface area contributed by atoms with Crippen LogP contribution in [-0.2, 0) is 4.79 Å². The van der Waals surface area contributed by atoms with Crippen LogP contribution in [0.3, 0.4) is 0 Å². The number of aliphatic hydroxyl groups is 1. The van der Waals surface area contributed by atoms with Crippen molar-refractivity contribution in [3.63, 3.8) is 0 Å². The third-order valence-electron chi connectivity index (χ3n) is 1.71. The first-order valence-electron chi connectivity index (χ1n) is 3.73. The van der Waals surface area contributed by atoms with Gasteiger partial charge in [0.05, 0.1) is 6.26 Å². The van der Waals surface area contributed by atoms with Gasteiger partial charge in [0.2, 0.25) is 0 Å². The van der Waals surface area contributed by atoms with Crippen molar-refractivity contribution in [1.82, 2.24) is 0 Å². The lowest BCUT2D eigenvalue weighted by atomic mass is 10.0. The van der Waals surface area contributed by atoms with Gasteiger partial charge in [-0.15, -0.1) is 6.58 Å². The van der Waals surface area contributed by atoms with Gasteiger partial charge in [0.1, 0.15) is 17.8 Å². The van der Waals surface area contributed by atoms with Crippen LogP contribution >= 0.6 is 0 Å². The number of carbonyl (C=O) groups is 1. The van der Waals surface area contributed by atoms with Crippen LogP contribution in [0.5, 0.6) is 0 Å². The smallest absolute Gasteiger partial charge is 0.313 e. The zero-order valence-electron chi connectivity index (χ0n) is 6.88. The van der Waals surface area contributed by atoms with Gasteiger partial charge in [0.25, 0.3) is 0 Å². The molecule has 0 amide bonds. The second-order valence-electron chi connectivity index (χ2n) is 2.56. The highest BCUT2D eigenvalue weighted by molar-refractivity contribution is 5.72. The molecule has 0 aliphatic heterocycles. The van der Waals surface area contributed by atoms with Crippen molar-refractivity contribution < 1.29 is 19.4 Å². The van der Waals surface area contributed by atoms with Gasteiger partial charge in [-0.05, 0) is 12.1 Å². The van der Waals surface area contributed by atoms with E-state index in [0.717, 1.165) is 0 Å². The van der Waals surface area contributed by atoms with Crippen LogP contribution < -0.4 is 0 Å². The number of aliphatic carboxylic acids is 1. The summed E-state index contributed by atoms with van der Waals surface area (Å²) in [4.78, 5) is 10.6. The number of hydrogen-bond acceptors (Lipinski definition) is 3. The van der Waals surface area contributed by atoms with Gasteiger partial charge in [0.15, 0.2) is 0 Å². The predicted octanol–water partition coefficient (Wildman–Crippen LogP) is 1.20. The molecule has 2 N–H and O–H groups in total. The molecule has 4 heteroatoms. The summed E-state index contributed by atoms with van der Waals surface area (Å²) in [7, 11) is 0. The first-order valence-corrected chi connectivity index (χ1v) is 3.73. The minimum atomic E-state index is -1.18. The summed E-state index contributed by atoms with van der Waals surface area (Å²) >= 11 is 0. The number of aliphatic hydroxyl groups excluding tert-OH is 1. The fraction of sp³-hybridized carbons (Fsp3) is 0.222. The Kier molecular flexibility index (Phi) is 2.87. The van der Waals surface area contributed by atoms with Gasteiger partial charge in [-0.25, -0.2) is 0 Å². The zero-order valence-corrected chi connectivity index (χ0v) is 6.88. The van der Waals surface area contributed by atoms with E-state index in [9.17, 15) is 9.90 Å². The molecule has 0 aliphatic carbocycles. The Morgan fingerprint density at radius 2 is 2.38 bits per heavy atom. The molecule has 0 bridgehead atoms. The third kappa shape index (κ3) is 1.97. The number of rotatable bonds is 4. The molecule has 2 unspecified atom stereocenters. The largest absolute Gasteiger partial charge is 0.481 e. The van der Waals surface area contributed by atoms with Crippen molar-refractivity contribution >= 4 is 5.97 Å². The predicted molar refractivity (Wildman–Crippen MR) is 45.0 cm³/mol. The van der Waals surface area contributed by atoms with Crippen LogP contribution in [0.2, 0.25) is 0 Å². The van der Waals surface area contributed by atoms with Gasteiger partial charge in [-0.1, -0.05) is 6.08 Å². The average molecular weight is 182 g/mol. The van der Waals surface area contributed by atoms with Crippen LogP contribution in [-0.4, -0.2) is 16.2 Å². The first kappa shape index (κ1) is 9.54. The SMILES string of the molecule is C=CC(C(=O)O)C(O)c1ccco1. The lowest BCUT2D eigenvalue weighted by Gasteiger charge is -2.12. The Balaban J connectivity index is 2.82. The normalized spacial score (nSPS) is 14.8. The molecule has 0 fully saturated rings. The van der Waals surface area contributed by atoms with E-state index in [1.54, 1.807) is 6.07 Å². The highest BCUT2D eigenvalue weighted by Gasteiger charge is 2.26. The zero-order chi connectivity index (χ0) is 9.84. The molecule has 0 saturated carbocycles. The maximum absolute atomic E-state index is 10.6. The van der Waals surface area contributed by atoms with E-state index in [0.29, 0.717) is 0 Å². The second kappa shape index (κ2) is 3.91. The molecule has 0 saturated heterocycles. The number of carboxylic acid groups (broad SMARTS) is 1. The van der Waals surface area contributed by atoms with E-state index in [4.69, 9.17) is 9.52 Å². The molecule has 2 atom stereocenters. The maximum Gasteiger partial charge on any atom is 0.313 e. The molecular weight excluding hydrogens is 172 g/mol. The van der Waals surface area contributed by atoms with Crippen molar-refractivity contribution in [3.8, 4) is 0 Å². The lowest BCUT2D eigenvalue weighted by Crippen LogP contribution is -2.19. The van der Waals surface area contributed by atoms with Crippen molar-refractivity contribution in [2.45, 2.75) is 6.10 Å². The van der Waals surface area contributed by atoms with Crippen LogP contribution in [0, 0.1) is 5.92 Å². The molecule has 13 heavy (non-hydrogen) atoms.